The third-order valence-corrected chi connectivity index (χ3v) is 4.53. The zero-order valence-corrected chi connectivity index (χ0v) is 16.7. The minimum atomic E-state index is -4.46. The fraction of sp³-hybridized carbons (Fsp3) is 0.0455. The van der Waals surface area contributed by atoms with Crippen LogP contribution in [0.5, 0.6) is 0 Å². The van der Waals surface area contributed by atoms with Crippen LogP contribution in [0, 0.1) is 11.3 Å². The van der Waals surface area contributed by atoms with E-state index in [1.165, 1.54) is 6.21 Å². The molecule has 164 valence electrons. The van der Waals surface area contributed by atoms with Gasteiger partial charge < -0.3 is 0 Å². The number of alkyl halides is 3. The first-order chi connectivity index (χ1) is 15.8. The van der Waals surface area contributed by atoms with Gasteiger partial charge in [-0.1, -0.05) is 42.5 Å². The Labute approximate surface area is 184 Å². The Balaban J connectivity index is 1.51. The molecule has 0 fully saturated rings. The van der Waals surface area contributed by atoms with E-state index < -0.39 is 17.3 Å². The van der Waals surface area contributed by atoms with Gasteiger partial charge in [0.15, 0.2) is 0 Å². The van der Waals surface area contributed by atoms with Crippen LogP contribution < -0.4 is 11.0 Å². The standard InChI is InChI=1S/C22H14F3N7O/c23-22(24,25)16-12-28-32(13-16)17-8-6-14(7-9-17)11-27-31-21-29-19(15-4-2-1-3-5-15)18(10-26)20(33)30-21/h1-9,11-13H,(H2,29,30,31,33). The van der Waals surface area contributed by atoms with Crippen molar-refractivity contribution in [3.63, 3.8) is 0 Å². The molecule has 0 atom stereocenters. The first-order valence-electron chi connectivity index (χ1n) is 9.46. The summed E-state index contributed by atoms with van der Waals surface area (Å²) >= 11 is 0. The number of nitriles is 1. The lowest BCUT2D eigenvalue weighted by atomic mass is 10.1. The molecule has 0 bridgehead atoms. The topological polar surface area (TPSA) is 112 Å². The van der Waals surface area contributed by atoms with Gasteiger partial charge >= 0.3 is 6.18 Å². The van der Waals surface area contributed by atoms with E-state index >= 15 is 0 Å². The quantitative estimate of drug-likeness (QED) is 0.354. The molecule has 0 aliphatic heterocycles. The molecule has 8 nitrogen and oxygen atoms in total. The summed E-state index contributed by atoms with van der Waals surface area (Å²) in [6, 6.07) is 17.1. The van der Waals surface area contributed by atoms with E-state index in [0.717, 1.165) is 17.1 Å². The number of benzene rings is 2. The van der Waals surface area contributed by atoms with Gasteiger partial charge in [0.2, 0.25) is 5.95 Å². The smallest absolute Gasteiger partial charge is 0.290 e. The van der Waals surface area contributed by atoms with Crippen LogP contribution in [0.2, 0.25) is 0 Å². The van der Waals surface area contributed by atoms with E-state index in [0.29, 0.717) is 16.8 Å². The van der Waals surface area contributed by atoms with E-state index in [4.69, 9.17) is 0 Å². The zero-order valence-electron chi connectivity index (χ0n) is 16.7. The molecule has 0 amide bonds. The average molecular weight is 449 g/mol. The molecule has 2 heterocycles. The van der Waals surface area contributed by atoms with Crippen LogP contribution in [0.3, 0.4) is 0 Å². The lowest BCUT2D eigenvalue weighted by Gasteiger charge is -2.06. The van der Waals surface area contributed by atoms with Crippen LogP contribution in [0.1, 0.15) is 16.7 Å². The third kappa shape index (κ3) is 4.80. The number of aromatic amines is 1. The molecule has 11 heteroatoms. The molecule has 0 spiro atoms. The molecular formula is C22H14F3N7O. The Kier molecular flexibility index (Phi) is 5.73. The Bertz CT molecular complexity index is 1400. The molecule has 2 aromatic heterocycles. The van der Waals surface area contributed by atoms with Gasteiger partial charge in [-0.3, -0.25) is 9.78 Å². The van der Waals surface area contributed by atoms with Gasteiger partial charge in [0.25, 0.3) is 5.56 Å². The van der Waals surface area contributed by atoms with Crippen LogP contribution in [0.25, 0.3) is 16.9 Å². The highest BCUT2D eigenvalue weighted by atomic mass is 19.4. The van der Waals surface area contributed by atoms with Crippen LogP contribution in [-0.2, 0) is 6.18 Å². The molecule has 2 N–H and O–H groups in total. The maximum absolute atomic E-state index is 12.7. The molecule has 33 heavy (non-hydrogen) atoms. The van der Waals surface area contributed by atoms with E-state index in [1.54, 1.807) is 54.6 Å². The highest BCUT2D eigenvalue weighted by Gasteiger charge is 2.32. The Morgan fingerprint density at radius 1 is 1.12 bits per heavy atom. The van der Waals surface area contributed by atoms with Crippen molar-refractivity contribution in [2.24, 2.45) is 5.10 Å². The van der Waals surface area contributed by atoms with Crippen LogP contribution in [0.4, 0.5) is 19.1 Å². The molecule has 0 saturated carbocycles. The first kappa shape index (κ1) is 21.5. The SMILES string of the molecule is N#Cc1c(-c2ccccc2)nc(NN=Cc2ccc(-n3cc(C(F)(F)F)cn3)cc2)[nH]c1=O. The molecular weight excluding hydrogens is 435 g/mol. The van der Waals surface area contributed by atoms with Crippen molar-refractivity contribution < 1.29 is 13.2 Å². The van der Waals surface area contributed by atoms with Crippen molar-refractivity contribution in [1.82, 2.24) is 19.7 Å². The predicted octanol–water partition coefficient (Wildman–Crippen LogP) is 3.96. The lowest BCUT2D eigenvalue weighted by molar-refractivity contribution is -0.137. The van der Waals surface area contributed by atoms with E-state index in [2.05, 4.69) is 25.6 Å². The number of H-pyrrole nitrogens is 1. The normalized spacial score (nSPS) is 11.5. The summed E-state index contributed by atoms with van der Waals surface area (Å²) in [6.45, 7) is 0. The Hall–Kier alpha value is -4.72. The van der Waals surface area contributed by atoms with Gasteiger partial charge in [-0.25, -0.2) is 15.1 Å². The second kappa shape index (κ2) is 8.80. The van der Waals surface area contributed by atoms with Crippen LogP contribution >= 0.6 is 0 Å². The largest absolute Gasteiger partial charge is 0.419 e. The van der Waals surface area contributed by atoms with Crippen molar-refractivity contribution in [1.29, 1.82) is 5.26 Å². The van der Waals surface area contributed by atoms with E-state index in [9.17, 15) is 23.2 Å². The summed E-state index contributed by atoms with van der Waals surface area (Å²) in [5.41, 5.74) is 2.97. The Morgan fingerprint density at radius 3 is 2.48 bits per heavy atom. The van der Waals surface area contributed by atoms with Gasteiger partial charge in [-0.2, -0.15) is 28.6 Å². The van der Waals surface area contributed by atoms with Crippen LogP contribution in [-0.4, -0.2) is 26.0 Å². The number of hydrogen-bond acceptors (Lipinski definition) is 6. The summed E-state index contributed by atoms with van der Waals surface area (Å²) in [5.74, 6) is 0.0435. The van der Waals surface area contributed by atoms with Gasteiger partial charge in [0.1, 0.15) is 11.6 Å². The molecule has 0 unspecified atom stereocenters. The average Bonchev–Trinajstić information content (AvgIpc) is 3.31. The maximum Gasteiger partial charge on any atom is 0.419 e. The van der Waals surface area contributed by atoms with Crippen molar-refractivity contribution in [3.8, 4) is 23.0 Å². The number of halogens is 3. The number of rotatable bonds is 5. The second-order valence-electron chi connectivity index (χ2n) is 6.75. The summed E-state index contributed by atoms with van der Waals surface area (Å²) in [5, 5.41) is 17.0. The van der Waals surface area contributed by atoms with Crippen molar-refractivity contribution in [2.75, 3.05) is 5.43 Å². The maximum atomic E-state index is 12.7. The molecule has 0 aliphatic rings. The summed E-state index contributed by atoms with van der Waals surface area (Å²) < 4.78 is 39.3. The number of aromatic nitrogens is 4. The minimum Gasteiger partial charge on any atom is -0.290 e. The van der Waals surface area contributed by atoms with Crippen molar-refractivity contribution in [2.45, 2.75) is 6.18 Å². The minimum absolute atomic E-state index is 0.0435. The number of hydrazone groups is 1. The predicted molar refractivity (Wildman–Crippen MR) is 115 cm³/mol. The van der Waals surface area contributed by atoms with Crippen molar-refractivity contribution in [3.05, 3.63) is 94.0 Å². The van der Waals surface area contributed by atoms with Crippen LogP contribution in [0.15, 0.2) is 76.9 Å². The van der Waals surface area contributed by atoms with Gasteiger partial charge in [0, 0.05) is 11.8 Å². The molecule has 2 aromatic carbocycles. The van der Waals surface area contributed by atoms with Gasteiger partial charge in [0.05, 0.1) is 29.4 Å². The molecule has 4 aromatic rings. The fourth-order valence-electron chi connectivity index (χ4n) is 2.93. The monoisotopic (exact) mass is 449 g/mol. The number of nitrogens with one attached hydrogen (secondary N) is 2. The van der Waals surface area contributed by atoms with Gasteiger partial charge in [-0.15, -0.1) is 0 Å². The molecule has 0 aliphatic carbocycles. The van der Waals surface area contributed by atoms with Gasteiger partial charge in [-0.05, 0) is 17.7 Å². The first-order valence-corrected chi connectivity index (χ1v) is 9.46. The van der Waals surface area contributed by atoms with Crippen molar-refractivity contribution >= 4 is 12.2 Å². The lowest BCUT2D eigenvalue weighted by Crippen LogP contribution is -2.16. The second-order valence-corrected chi connectivity index (χ2v) is 6.75. The summed E-state index contributed by atoms with van der Waals surface area (Å²) in [4.78, 5) is 19.0. The zero-order chi connectivity index (χ0) is 23.4. The number of anilines is 1. The van der Waals surface area contributed by atoms with E-state index in [1.807, 2.05) is 6.07 Å². The highest BCUT2D eigenvalue weighted by Crippen LogP contribution is 2.29. The molecule has 0 saturated heterocycles. The summed E-state index contributed by atoms with van der Waals surface area (Å²) in [6.07, 6.45) is -1.36. The summed E-state index contributed by atoms with van der Waals surface area (Å²) in [7, 11) is 0. The molecule has 0 radical (unpaired) electrons. The number of hydrogen-bond donors (Lipinski definition) is 2. The fourth-order valence-corrected chi connectivity index (χ4v) is 2.93. The highest BCUT2D eigenvalue weighted by molar-refractivity contribution is 5.80. The molecule has 4 rings (SSSR count). The number of nitrogens with zero attached hydrogens (tertiary/aromatic N) is 5. The Morgan fingerprint density at radius 2 is 1.85 bits per heavy atom. The van der Waals surface area contributed by atoms with E-state index in [-0.39, 0.29) is 17.2 Å². The third-order valence-electron chi connectivity index (χ3n) is 4.53.